The number of nitrogens with zero attached hydrogens (tertiary/aromatic N) is 3. The van der Waals surface area contributed by atoms with Gasteiger partial charge in [-0.05, 0) is 55.5 Å². The largest absolute Gasteiger partial charge is 0.481 e. The smallest absolute Gasteiger partial charge is 0.307 e. The van der Waals surface area contributed by atoms with Crippen LogP contribution < -0.4 is 21.9 Å². The molecule has 0 bridgehead atoms. The Kier molecular flexibility index (Phi) is 22.3. The van der Waals surface area contributed by atoms with Crippen molar-refractivity contribution in [3.8, 4) is 0 Å². The number of H-pyrrole nitrogens is 1. The number of nitrogen functional groups attached to an aromatic ring is 1. The van der Waals surface area contributed by atoms with Crippen LogP contribution in [0, 0.1) is 17.8 Å². The number of carboxylic acids is 2. The molecule has 0 spiro atoms. The van der Waals surface area contributed by atoms with Gasteiger partial charge in [0.1, 0.15) is 5.78 Å². The molecule has 3 aromatic rings. The van der Waals surface area contributed by atoms with E-state index >= 15 is 0 Å². The molecule has 7 N–H and O–H groups in total. The third kappa shape index (κ3) is 18.6. The number of nitrogens with two attached hydrogens (primary N) is 1. The number of fused-ring (bicyclic) bond motifs is 1. The maximum absolute atomic E-state index is 13.0. The summed E-state index contributed by atoms with van der Waals surface area (Å²) in [7, 11) is 5.33. The number of aromatic amines is 1. The second-order valence-electron chi connectivity index (χ2n) is 13.2. The lowest BCUT2D eigenvalue weighted by molar-refractivity contribution is -0.153. The maximum Gasteiger partial charge on any atom is 0.307 e. The molecule has 3 rings (SSSR count). The van der Waals surface area contributed by atoms with Crippen LogP contribution in [0.15, 0.2) is 35.3 Å². The van der Waals surface area contributed by atoms with Gasteiger partial charge in [-0.15, -0.1) is 0 Å². The highest BCUT2D eigenvalue weighted by Gasteiger charge is 2.25. The summed E-state index contributed by atoms with van der Waals surface area (Å²) in [6.07, 6.45) is 3.34. The van der Waals surface area contributed by atoms with Crippen molar-refractivity contribution in [1.29, 1.82) is 0 Å². The van der Waals surface area contributed by atoms with Gasteiger partial charge in [-0.25, -0.2) is 9.97 Å². The van der Waals surface area contributed by atoms with Gasteiger partial charge in [-0.2, -0.15) is 4.98 Å². The topological polar surface area (TPSA) is 309 Å². The number of amides is 1. The van der Waals surface area contributed by atoms with Gasteiger partial charge >= 0.3 is 23.9 Å². The molecule has 0 saturated carbocycles. The molecule has 1 unspecified atom stereocenters. The fourth-order valence-electron chi connectivity index (χ4n) is 5.36. The first kappa shape index (κ1) is 50.3. The lowest BCUT2D eigenvalue weighted by Gasteiger charge is -2.19. The van der Waals surface area contributed by atoms with Crippen molar-refractivity contribution in [2.24, 2.45) is 17.8 Å². The molecule has 0 radical (unpaired) electrons. The zero-order valence-corrected chi connectivity index (χ0v) is 36.5. The van der Waals surface area contributed by atoms with Crippen LogP contribution >= 0.6 is 43.2 Å². The molecule has 0 saturated heterocycles. The minimum Gasteiger partial charge on any atom is -0.481 e. The molecule has 0 fully saturated rings. The SMILES string of the molecule is CSSC[C@H](CC(=O)OCCC(CCC(=O)CC[C@H](NC(=O)c1ccc(NCc2cnc3nc(N)[nH]c(=O)c3n2)cc1)OC=O)COC(=O)C[C@@H](CSSC)C(=O)O)C(=O)O. The Morgan fingerprint density at radius 1 is 0.885 bits per heavy atom. The van der Waals surface area contributed by atoms with Crippen LogP contribution in [0.2, 0.25) is 0 Å². The average molecular weight is 926 g/mol. The molecule has 1 aromatic carbocycles. The van der Waals surface area contributed by atoms with E-state index in [-0.39, 0.29) is 111 Å². The van der Waals surface area contributed by atoms with Gasteiger partial charge in [0.05, 0.1) is 56.3 Å². The highest BCUT2D eigenvalue weighted by atomic mass is 33.1. The van der Waals surface area contributed by atoms with Crippen LogP contribution in [0.4, 0.5) is 11.6 Å². The van der Waals surface area contributed by atoms with Crippen molar-refractivity contribution in [3.63, 3.8) is 0 Å². The predicted molar refractivity (Wildman–Crippen MR) is 231 cm³/mol. The first-order valence-electron chi connectivity index (χ1n) is 18.6. The van der Waals surface area contributed by atoms with E-state index in [1.54, 1.807) is 24.6 Å². The first-order valence-corrected chi connectivity index (χ1v) is 24.0. The van der Waals surface area contributed by atoms with Crippen LogP contribution in [-0.2, 0) is 49.5 Å². The highest BCUT2D eigenvalue weighted by molar-refractivity contribution is 8.76. The van der Waals surface area contributed by atoms with Gasteiger partial charge in [-0.1, -0.05) is 43.2 Å². The van der Waals surface area contributed by atoms with Crippen molar-refractivity contribution < 1.29 is 58.0 Å². The van der Waals surface area contributed by atoms with E-state index < -0.39 is 59.3 Å². The first-order chi connectivity index (χ1) is 29.2. The van der Waals surface area contributed by atoms with Crippen molar-refractivity contribution in [2.75, 3.05) is 48.3 Å². The van der Waals surface area contributed by atoms with Crippen LogP contribution in [0.3, 0.4) is 0 Å². The van der Waals surface area contributed by atoms with E-state index in [2.05, 4.69) is 30.6 Å². The lowest BCUT2D eigenvalue weighted by atomic mass is 9.97. The Balaban J connectivity index is 1.53. The van der Waals surface area contributed by atoms with Gasteiger partial charge in [0.25, 0.3) is 17.9 Å². The van der Waals surface area contributed by atoms with E-state index in [1.807, 2.05) is 0 Å². The number of rotatable bonds is 30. The average Bonchev–Trinajstić information content (AvgIpc) is 3.22. The molecule has 332 valence electrons. The third-order valence-corrected chi connectivity index (χ3v) is 12.5. The molecule has 0 aliphatic carbocycles. The van der Waals surface area contributed by atoms with Gasteiger partial charge in [0.15, 0.2) is 17.4 Å². The number of nitrogens with one attached hydrogen (secondary N) is 3. The molecular formula is C37H47N7O13S4. The zero-order chi connectivity index (χ0) is 44.7. The van der Waals surface area contributed by atoms with E-state index in [4.69, 9.17) is 19.9 Å². The van der Waals surface area contributed by atoms with E-state index in [9.17, 15) is 48.6 Å². The number of hydrogen-bond donors (Lipinski definition) is 6. The predicted octanol–water partition coefficient (Wildman–Crippen LogP) is 3.56. The number of ketones is 1. The molecule has 2 heterocycles. The summed E-state index contributed by atoms with van der Waals surface area (Å²) in [6.45, 7) is 0.00506. The minimum atomic E-state index is -1.14. The summed E-state index contributed by atoms with van der Waals surface area (Å²) in [5, 5.41) is 24.6. The Morgan fingerprint density at radius 2 is 1.51 bits per heavy atom. The molecule has 24 heteroatoms. The molecule has 2 aromatic heterocycles. The number of hydrogen-bond acceptors (Lipinski definition) is 20. The molecule has 0 aliphatic rings. The molecule has 20 nitrogen and oxygen atoms in total. The number of carbonyl (C=O) groups excluding carboxylic acids is 5. The minimum absolute atomic E-state index is 0.0195. The number of Topliss-reactive ketones (excluding diaryl/α,β-unsaturated/α-hetero) is 1. The fourth-order valence-corrected chi connectivity index (χ4v) is 8.28. The van der Waals surface area contributed by atoms with Crippen LogP contribution in [0.25, 0.3) is 11.2 Å². The molecule has 0 aliphatic heterocycles. The second kappa shape index (κ2) is 27.0. The third-order valence-electron chi connectivity index (χ3n) is 8.70. The monoisotopic (exact) mass is 925 g/mol. The van der Waals surface area contributed by atoms with Gasteiger partial charge in [-0.3, -0.25) is 43.3 Å². The summed E-state index contributed by atoms with van der Waals surface area (Å²) in [4.78, 5) is 112. The fraction of sp³-hybridized carbons (Fsp3) is 0.486. The quantitative estimate of drug-likeness (QED) is 0.0183. The van der Waals surface area contributed by atoms with E-state index in [1.165, 1.54) is 61.5 Å². The summed E-state index contributed by atoms with van der Waals surface area (Å²) in [5.74, 6) is -6.65. The number of benzene rings is 1. The highest BCUT2D eigenvalue weighted by Crippen LogP contribution is 2.24. The number of aromatic nitrogens is 4. The van der Waals surface area contributed by atoms with Crippen molar-refractivity contribution in [1.82, 2.24) is 25.3 Å². The summed E-state index contributed by atoms with van der Waals surface area (Å²) in [6, 6.07) is 6.30. The van der Waals surface area contributed by atoms with Crippen LogP contribution in [-0.4, -0.2) is 116 Å². The van der Waals surface area contributed by atoms with Crippen molar-refractivity contribution in [3.05, 3.63) is 52.1 Å². The van der Waals surface area contributed by atoms with Crippen LogP contribution in [0.1, 0.15) is 61.0 Å². The second-order valence-corrected chi connectivity index (χ2v) is 18.4. The molecular weight excluding hydrogens is 879 g/mol. The number of esters is 2. The number of carboxylic acid groups (broad SMARTS) is 2. The standard InChI is InChI=1S/C37H47N7O13S4/c1-58-60-18-23(35(51)52)13-29(47)55-12-11-21(17-56-30(48)14-24(36(53)54)19-61-59-2)3-8-27(46)9-10-28(57-20-45)42-33(49)22-4-6-25(7-5-22)39-15-26-16-40-32-31(41-26)34(50)44-37(38)43-32/h4-7,16,20-21,23-24,28,39H,3,8-15,17-19H2,1-2H3,(H,42,49)(H,51,52)(H,53,54)(H3,38,40,43,44,50)/t21?,23-,24-,28+/m0/s1. The number of aliphatic carboxylic acids is 2. The van der Waals surface area contributed by atoms with Gasteiger partial charge in [0, 0.05) is 42.0 Å². The Bertz CT molecular complexity index is 2030. The van der Waals surface area contributed by atoms with Crippen molar-refractivity contribution >= 4 is 108 Å². The summed E-state index contributed by atoms with van der Waals surface area (Å²) >= 11 is 0. The van der Waals surface area contributed by atoms with Crippen molar-refractivity contribution in [2.45, 2.75) is 57.7 Å². The number of carbonyl (C=O) groups is 7. The normalized spacial score (nSPS) is 13.0. The van der Waals surface area contributed by atoms with E-state index in [0.29, 0.717) is 11.4 Å². The Morgan fingerprint density at radius 3 is 2.11 bits per heavy atom. The van der Waals surface area contributed by atoms with Gasteiger partial charge in [0.2, 0.25) is 5.95 Å². The summed E-state index contributed by atoms with van der Waals surface area (Å²) < 4.78 is 15.7. The lowest BCUT2D eigenvalue weighted by Crippen LogP contribution is -2.37. The Labute approximate surface area is 365 Å². The van der Waals surface area contributed by atoms with Gasteiger partial charge < -0.3 is 40.8 Å². The van der Waals surface area contributed by atoms with Crippen LogP contribution in [0.5, 0.6) is 0 Å². The Hall–Kier alpha value is -5.07. The van der Waals surface area contributed by atoms with E-state index in [0.717, 1.165) is 0 Å². The number of anilines is 2. The maximum atomic E-state index is 13.0. The molecule has 61 heavy (non-hydrogen) atoms. The zero-order valence-electron chi connectivity index (χ0n) is 33.2. The number of ether oxygens (including phenoxy) is 3. The molecule has 1 amide bonds. The summed E-state index contributed by atoms with van der Waals surface area (Å²) in [5.41, 5.74) is 6.44. The molecule has 4 atom stereocenters.